The zero-order chi connectivity index (χ0) is 17.9. The summed E-state index contributed by atoms with van der Waals surface area (Å²) in [6.07, 6.45) is 2.76. The number of nitrogens with one attached hydrogen (secondary N) is 3. The van der Waals surface area contributed by atoms with Gasteiger partial charge in [0, 0.05) is 29.0 Å². The lowest BCUT2D eigenvalue weighted by molar-refractivity contribution is 0.240. The zero-order valence-corrected chi connectivity index (χ0v) is 14.5. The SMILES string of the molecule is Cc1ccc2onc(CNC(=O)NCCc3c[nH]c4ccccc34)c2c1. The minimum atomic E-state index is -0.214. The van der Waals surface area contributed by atoms with E-state index in [-0.39, 0.29) is 6.03 Å². The van der Waals surface area contributed by atoms with Crippen LogP contribution in [0.4, 0.5) is 4.79 Å². The van der Waals surface area contributed by atoms with Crippen LogP contribution in [0.15, 0.2) is 53.2 Å². The van der Waals surface area contributed by atoms with Gasteiger partial charge in [0.1, 0.15) is 5.69 Å². The van der Waals surface area contributed by atoms with E-state index in [1.165, 1.54) is 10.9 Å². The van der Waals surface area contributed by atoms with Crippen LogP contribution in [0, 0.1) is 6.92 Å². The maximum atomic E-state index is 12.0. The molecule has 0 aliphatic carbocycles. The first-order valence-electron chi connectivity index (χ1n) is 8.62. The van der Waals surface area contributed by atoms with E-state index in [0.717, 1.165) is 34.2 Å². The van der Waals surface area contributed by atoms with Gasteiger partial charge in [-0.05, 0) is 37.1 Å². The van der Waals surface area contributed by atoms with Crippen LogP contribution in [0.1, 0.15) is 16.8 Å². The minimum Gasteiger partial charge on any atom is -0.361 e. The number of aryl methyl sites for hydroxylation is 1. The van der Waals surface area contributed by atoms with Crippen molar-refractivity contribution in [3.8, 4) is 0 Å². The summed E-state index contributed by atoms with van der Waals surface area (Å²) in [5, 5.41) is 11.9. The van der Waals surface area contributed by atoms with Gasteiger partial charge in [-0.15, -0.1) is 0 Å². The Hall–Kier alpha value is -3.28. The molecule has 0 saturated heterocycles. The molecule has 2 aromatic carbocycles. The first kappa shape index (κ1) is 16.2. The molecule has 3 N–H and O–H groups in total. The lowest BCUT2D eigenvalue weighted by Crippen LogP contribution is -2.36. The normalized spacial score (nSPS) is 11.1. The van der Waals surface area contributed by atoms with Gasteiger partial charge >= 0.3 is 6.03 Å². The van der Waals surface area contributed by atoms with Crippen LogP contribution in [0.3, 0.4) is 0 Å². The fourth-order valence-electron chi connectivity index (χ4n) is 3.11. The molecular weight excluding hydrogens is 328 g/mol. The molecule has 0 aliphatic heterocycles. The van der Waals surface area contributed by atoms with E-state index in [9.17, 15) is 4.79 Å². The molecule has 2 aromatic heterocycles. The topological polar surface area (TPSA) is 82.9 Å². The number of benzene rings is 2. The number of para-hydroxylation sites is 1. The van der Waals surface area contributed by atoms with Crippen LogP contribution in [0.2, 0.25) is 0 Å². The summed E-state index contributed by atoms with van der Waals surface area (Å²) in [5.41, 5.74) is 4.90. The number of amides is 2. The number of hydrogen-bond donors (Lipinski definition) is 3. The number of aromatic amines is 1. The summed E-state index contributed by atoms with van der Waals surface area (Å²) < 4.78 is 5.28. The molecule has 0 aliphatic rings. The molecule has 0 radical (unpaired) electrons. The highest BCUT2D eigenvalue weighted by atomic mass is 16.5. The molecule has 0 spiro atoms. The monoisotopic (exact) mass is 348 g/mol. The van der Waals surface area contributed by atoms with Crippen molar-refractivity contribution in [1.29, 1.82) is 0 Å². The number of fused-ring (bicyclic) bond motifs is 2. The predicted molar refractivity (Wildman–Crippen MR) is 101 cm³/mol. The Bertz CT molecular complexity index is 1060. The van der Waals surface area contributed by atoms with Crippen molar-refractivity contribution in [3.63, 3.8) is 0 Å². The summed E-state index contributed by atoms with van der Waals surface area (Å²) in [7, 11) is 0. The van der Waals surface area contributed by atoms with E-state index in [1.54, 1.807) is 0 Å². The number of hydrogen-bond acceptors (Lipinski definition) is 3. The fourth-order valence-corrected chi connectivity index (χ4v) is 3.11. The van der Waals surface area contributed by atoms with Gasteiger partial charge in [0.15, 0.2) is 5.58 Å². The fraction of sp³-hybridized carbons (Fsp3) is 0.200. The maximum Gasteiger partial charge on any atom is 0.315 e. The van der Waals surface area contributed by atoms with E-state index in [2.05, 4.69) is 26.8 Å². The molecule has 0 unspecified atom stereocenters. The van der Waals surface area contributed by atoms with Gasteiger partial charge in [0.05, 0.1) is 6.54 Å². The minimum absolute atomic E-state index is 0.214. The highest BCUT2D eigenvalue weighted by Crippen LogP contribution is 2.20. The van der Waals surface area contributed by atoms with Crippen LogP contribution in [0.5, 0.6) is 0 Å². The molecule has 4 rings (SSSR count). The lowest BCUT2D eigenvalue weighted by Gasteiger charge is -2.06. The lowest BCUT2D eigenvalue weighted by atomic mass is 10.1. The van der Waals surface area contributed by atoms with Crippen LogP contribution >= 0.6 is 0 Å². The summed E-state index contributed by atoms with van der Waals surface area (Å²) in [6.45, 7) is 2.91. The number of rotatable bonds is 5. The molecule has 0 bridgehead atoms. The quantitative estimate of drug-likeness (QED) is 0.515. The molecule has 26 heavy (non-hydrogen) atoms. The number of H-pyrrole nitrogens is 1. The van der Waals surface area contributed by atoms with Crippen LogP contribution in [-0.4, -0.2) is 22.7 Å². The van der Waals surface area contributed by atoms with Gasteiger partial charge in [0.2, 0.25) is 0 Å². The number of aromatic nitrogens is 2. The number of nitrogens with zero attached hydrogens (tertiary/aromatic N) is 1. The summed E-state index contributed by atoms with van der Waals surface area (Å²) >= 11 is 0. The second kappa shape index (κ2) is 6.92. The van der Waals surface area contributed by atoms with E-state index in [4.69, 9.17) is 4.52 Å². The van der Waals surface area contributed by atoms with Crippen molar-refractivity contribution >= 4 is 27.9 Å². The Morgan fingerprint density at radius 3 is 2.96 bits per heavy atom. The predicted octanol–water partition coefficient (Wildman–Crippen LogP) is 3.66. The van der Waals surface area contributed by atoms with Crippen LogP contribution in [-0.2, 0) is 13.0 Å². The highest BCUT2D eigenvalue weighted by molar-refractivity contribution is 5.83. The largest absolute Gasteiger partial charge is 0.361 e. The number of carbonyl (C=O) groups is 1. The Morgan fingerprint density at radius 2 is 2.04 bits per heavy atom. The van der Waals surface area contributed by atoms with Crippen molar-refractivity contribution < 1.29 is 9.32 Å². The maximum absolute atomic E-state index is 12.0. The Balaban J connectivity index is 1.31. The van der Waals surface area contributed by atoms with Gasteiger partial charge in [-0.25, -0.2) is 4.79 Å². The van der Waals surface area contributed by atoms with Crippen molar-refractivity contribution in [2.24, 2.45) is 0 Å². The van der Waals surface area contributed by atoms with Crippen molar-refractivity contribution in [2.45, 2.75) is 19.9 Å². The summed E-state index contributed by atoms with van der Waals surface area (Å²) in [4.78, 5) is 15.3. The van der Waals surface area contributed by atoms with E-state index in [0.29, 0.717) is 13.1 Å². The van der Waals surface area contributed by atoms with Crippen molar-refractivity contribution in [1.82, 2.24) is 20.8 Å². The van der Waals surface area contributed by atoms with Gasteiger partial charge < -0.3 is 20.1 Å². The first-order chi connectivity index (χ1) is 12.7. The molecule has 6 heteroatoms. The standard InChI is InChI=1S/C20H20N4O2/c1-13-6-7-19-16(10-13)18(24-26-19)12-23-20(25)21-9-8-14-11-22-17-5-3-2-4-15(14)17/h2-7,10-11,22H,8-9,12H2,1H3,(H2,21,23,25). The van der Waals surface area contributed by atoms with Gasteiger partial charge in [-0.2, -0.15) is 0 Å². The Morgan fingerprint density at radius 1 is 1.15 bits per heavy atom. The highest BCUT2D eigenvalue weighted by Gasteiger charge is 2.10. The van der Waals surface area contributed by atoms with Gasteiger partial charge in [-0.3, -0.25) is 0 Å². The molecule has 0 fully saturated rings. The molecule has 6 nitrogen and oxygen atoms in total. The molecular formula is C20H20N4O2. The average molecular weight is 348 g/mol. The second-order valence-corrected chi connectivity index (χ2v) is 6.35. The first-order valence-corrected chi connectivity index (χ1v) is 8.62. The van der Waals surface area contributed by atoms with Gasteiger partial charge in [0.25, 0.3) is 0 Å². The van der Waals surface area contributed by atoms with E-state index < -0.39 is 0 Å². The van der Waals surface area contributed by atoms with Crippen LogP contribution < -0.4 is 10.6 Å². The third kappa shape index (κ3) is 3.26. The number of carbonyl (C=O) groups excluding carboxylic acids is 1. The molecule has 2 heterocycles. The molecule has 4 aromatic rings. The summed E-state index contributed by atoms with van der Waals surface area (Å²) in [6, 6.07) is 13.8. The molecule has 0 saturated carbocycles. The smallest absolute Gasteiger partial charge is 0.315 e. The van der Waals surface area contributed by atoms with E-state index in [1.807, 2.05) is 49.5 Å². The molecule has 132 valence electrons. The van der Waals surface area contributed by atoms with Crippen LogP contribution in [0.25, 0.3) is 21.9 Å². The average Bonchev–Trinajstić information content (AvgIpc) is 3.24. The molecule has 0 atom stereocenters. The third-order valence-corrected chi connectivity index (χ3v) is 4.47. The second-order valence-electron chi connectivity index (χ2n) is 6.35. The van der Waals surface area contributed by atoms with Crippen molar-refractivity contribution in [2.75, 3.05) is 6.54 Å². The third-order valence-electron chi connectivity index (χ3n) is 4.47. The van der Waals surface area contributed by atoms with Gasteiger partial charge in [-0.1, -0.05) is 35.0 Å². The number of urea groups is 1. The Labute approximate surface area is 150 Å². The molecule has 2 amide bonds. The Kier molecular flexibility index (Phi) is 4.31. The van der Waals surface area contributed by atoms with Crippen molar-refractivity contribution in [3.05, 3.63) is 65.5 Å². The summed E-state index contributed by atoms with van der Waals surface area (Å²) in [5.74, 6) is 0. The zero-order valence-electron chi connectivity index (χ0n) is 14.5. The van der Waals surface area contributed by atoms with E-state index >= 15 is 0 Å².